The lowest BCUT2D eigenvalue weighted by atomic mass is 10.1. The molecule has 0 spiro atoms. The van der Waals surface area contributed by atoms with E-state index >= 15 is 4.39 Å². The first-order valence-electron chi connectivity index (χ1n) is 11.0. The summed E-state index contributed by atoms with van der Waals surface area (Å²) in [5, 5.41) is 6.75. The number of methoxy groups -OCH3 is 1. The summed E-state index contributed by atoms with van der Waals surface area (Å²) in [5.74, 6) is 1.61. The van der Waals surface area contributed by atoms with Gasteiger partial charge in [0.15, 0.2) is 5.82 Å². The van der Waals surface area contributed by atoms with E-state index in [0.717, 1.165) is 11.4 Å². The number of halogens is 1. The number of rotatable bonds is 7. The van der Waals surface area contributed by atoms with Crippen molar-refractivity contribution in [3.63, 3.8) is 0 Å². The average molecular weight is 475 g/mol. The van der Waals surface area contributed by atoms with Crippen LogP contribution >= 0.6 is 0 Å². The second kappa shape index (κ2) is 9.90. The first kappa shape index (κ1) is 22.5. The molecule has 0 atom stereocenters. The molecular weight excluding hydrogens is 453 g/mol. The quantitative estimate of drug-likeness (QED) is 0.349. The Balaban J connectivity index is 1.56. The fourth-order valence-corrected chi connectivity index (χ4v) is 3.82. The molecule has 1 saturated heterocycles. The number of benzene rings is 2. The van der Waals surface area contributed by atoms with Gasteiger partial charge < -0.3 is 24.1 Å². The maximum Gasteiger partial charge on any atom is 0.260 e. The van der Waals surface area contributed by atoms with Gasteiger partial charge in [0.2, 0.25) is 0 Å². The molecule has 1 aliphatic heterocycles. The number of anilines is 3. The molecule has 0 radical (unpaired) electrons. The Labute approximate surface area is 200 Å². The number of hydrogen-bond donors (Lipinski definition) is 1. The Morgan fingerprint density at radius 2 is 1.89 bits per heavy atom. The third-order valence-corrected chi connectivity index (χ3v) is 5.59. The van der Waals surface area contributed by atoms with Crippen LogP contribution in [0.3, 0.4) is 0 Å². The minimum atomic E-state index is -0.365. The van der Waals surface area contributed by atoms with Gasteiger partial charge >= 0.3 is 0 Å². The largest absolute Gasteiger partial charge is 0.497 e. The highest BCUT2D eigenvalue weighted by Gasteiger charge is 2.18. The normalized spacial score (nSPS) is 13.9. The van der Waals surface area contributed by atoms with Crippen LogP contribution in [0, 0.1) is 10.7 Å². The zero-order chi connectivity index (χ0) is 24.2. The van der Waals surface area contributed by atoms with Gasteiger partial charge in [-0.3, -0.25) is 0 Å². The Bertz CT molecular complexity index is 1380. The summed E-state index contributed by atoms with van der Waals surface area (Å²) >= 11 is 0. The first-order chi connectivity index (χ1) is 17.1. The standard InChI is InChI=1S/C25H22FN5O4/c1-33-17-4-2-16(3-5-17)27-25-19-14-22(31-10-12-34-13-11-31)20(26)15-21(19)28-23(29-25)8-6-18-7-9-24(30-32)35-18/h2-9,14-15H,10-13H2,1H3,(H,27,28,29)/b8-6+. The van der Waals surface area contributed by atoms with Crippen molar-refractivity contribution >= 4 is 46.1 Å². The van der Waals surface area contributed by atoms with Crippen molar-refractivity contribution in [1.29, 1.82) is 0 Å². The molecule has 1 aliphatic rings. The van der Waals surface area contributed by atoms with Crippen LogP contribution in [0.15, 0.2) is 58.1 Å². The van der Waals surface area contributed by atoms with Gasteiger partial charge in [-0.1, -0.05) is 0 Å². The Morgan fingerprint density at radius 1 is 1.09 bits per heavy atom. The molecule has 1 N–H and O–H groups in total. The van der Waals surface area contributed by atoms with Crippen LogP contribution in [0.1, 0.15) is 11.6 Å². The van der Waals surface area contributed by atoms with Crippen molar-refractivity contribution in [1.82, 2.24) is 9.97 Å². The van der Waals surface area contributed by atoms with Gasteiger partial charge in [-0.2, -0.15) is 0 Å². The van der Waals surface area contributed by atoms with E-state index in [0.29, 0.717) is 60.3 Å². The van der Waals surface area contributed by atoms with E-state index in [1.54, 1.807) is 31.4 Å². The Kier molecular flexibility index (Phi) is 6.36. The molecule has 0 amide bonds. The lowest BCUT2D eigenvalue weighted by Gasteiger charge is -2.29. The van der Waals surface area contributed by atoms with Gasteiger partial charge in [0.25, 0.3) is 5.88 Å². The van der Waals surface area contributed by atoms with E-state index < -0.39 is 0 Å². The number of ether oxygens (including phenoxy) is 2. The fourth-order valence-electron chi connectivity index (χ4n) is 3.82. The number of morpholine rings is 1. The van der Waals surface area contributed by atoms with Gasteiger partial charge in [0.05, 0.1) is 31.5 Å². The molecule has 5 rings (SSSR count). The number of nitrogens with zero attached hydrogens (tertiary/aromatic N) is 4. The van der Waals surface area contributed by atoms with E-state index in [9.17, 15) is 4.91 Å². The van der Waals surface area contributed by atoms with Crippen molar-refractivity contribution in [2.24, 2.45) is 5.18 Å². The molecule has 0 aliphatic carbocycles. The summed E-state index contributed by atoms with van der Waals surface area (Å²) in [6.45, 7) is 2.30. The zero-order valence-corrected chi connectivity index (χ0v) is 18.9. The number of nitrogens with one attached hydrogen (secondary N) is 1. The highest BCUT2D eigenvalue weighted by Crippen LogP contribution is 2.32. The lowest BCUT2D eigenvalue weighted by molar-refractivity contribution is 0.122. The van der Waals surface area contributed by atoms with Crippen molar-refractivity contribution in [2.45, 2.75) is 0 Å². The van der Waals surface area contributed by atoms with Gasteiger partial charge in [0.1, 0.15) is 23.1 Å². The summed E-state index contributed by atoms with van der Waals surface area (Å²) in [4.78, 5) is 21.8. The predicted molar refractivity (Wildman–Crippen MR) is 132 cm³/mol. The minimum absolute atomic E-state index is 0.0244. The summed E-state index contributed by atoms with van der Waals surface area (Å²) in [7, 11) is 1.60. The summed E-state index contributed by atoms with van der Waals surface area (Å²) < 4.78 is 31.0. The third-order valence-electron chi connectivity index (χ3n) is 5.59. The second-order valence-electron chi connectivity index (χ2n) is 7.80. The van der Waals surface area contributed by atoms with E-state index in [1.807, 2.05) is 29.2 Å². The Morgan fingerprint density at radius 3 is 2.60 bits per heavy atom. The average Bonchev–Trinajstić information content (AvgIpc) is 3.36. The summed E-state index contributed by atoms with van der Waals surface area (Å²) in [5.41, 5.74) is 1.71. The SMILES string of the molecule is COc1ccc(Nc2nc(/C=C/c3ccc(N=O)o3)nc3cc(F)c(N4CCOCC4)cc23)cc1. The molecule has 0 bridgehead atoms. The van der Waals surface area contributed by atoms with Crippen molar-refractivity contribution in [3.05, 3.63) is 70.8 Å². The van der Waals surface area contributed by atoms with Gasteiger partial charge in [0, 0.05) is 41.5 Å². The van der Waals surface area contributed by atoms with Crippen LogP contribution in [-0.2, 0) is 4.74 Å². The molecule has 1 fully saturated rings. The molecule has 10 heteroatoms. The number of nitroso groups, excluding NO2 is 1. The molecule has 35 heavy (non-hydrogen) atoms. The van der Waals surface area contributed by atoms with Crippen LogP contribution in [0.2, 0.25) is 0 Å². The second-order valence-corrected chi connectivity index (χ2v) is 7.80. The molecule has 2 aromatic heterocycles. The first-order valence-corrected chi connectivity index (χ1v) is 11.0. The molecule has 3 heterocycles. The molecule has 2 aromatic carbocycles. The zero-order valence-electron chi connectivity index (χ0n) is 18.9. The number of fused-ring (bicyclic) bond motifs is 1. The number of hydrogen-bond acceptors (Lipinski definition) is 9. The predicted octanol–water partition coefficient (Wildman–Crippen LogP) is 5.52. The fraction of sp³-hybridized carbons (Fsp3) is 0.200. The molecule has 0 unspecified atom stereocenters. The summed E-state index contributed by atoms with van der Waals surface area (Å²) in [6, 6.07) is 13.7. The minimum Gasteiger partial charge on any atom is -0.497 e. The summed E-state index contributed by atoms with van der Waals surface area (Å²) in [6.07, 6.45) is 3.24. The van der Waals surface area contributed by atoms with E-state index in [-0.39, 0.29) is 11.7 Å². The lowest BCUT2D eigenvalue weighted by Crippen LogP contribution is -2.36. The molecule has 0 saturated carbocycles. The van der Waals surface area contributed by atoms with Crippen molar-refractivity contribution < 1.29 is 18.3 Å². The van der Waals surface area contributed by atoms with Gasteiger partial charge in [-0.25, -0.2) is 14.4 Å². The molecule has 9 nitrogen and oxygen atoms in total. The molecule has 178 valence electrons. The maximum absolute atomic E-state index is 15.1. The van der Waals surface area contributed by atoms with Crippen LogP contribution in [-0.4, -0.2) is 43.4 Å². The topological polar surface area (TPSA) is 102 Å². The van der Waals surface area contributed by atoms with Gasteiger partial charge in [-0.05, 0) is 48.6 Å². The number of furan rings is 1. The monoisotopic (exact) mass is 475 g/mol. The highest BCUT2D eigenvalue weighted by molar-refractivity contribution is 5.94. The van der Waals surface area contributed by atoms with Crippen LogP contribution in [0.4, 0.5) is 27.5 Å². The van der Waals surface area contributed by atoms with Crippen LogP contribution in [0.25, 0.3) is 23.1 Å². The van der Waals surface area contributed by atoms with E-state index in [2.05, 4.69) is 20.5 Å². The van der Waals surface area contributed by atoms with E-state index in [4.69, 9.17) is 13.9 Å². The maximum atomic E-state index is 15.1. The number of aromatic nitrogens is 2. The van der Waals surface area contributed by atoms with Crippen LogP contribution < -0.4 is 15.0 Å². The van der Waals surface area contributed by atoms with Crippen molar-refractivity contribution in [2.75, 3.05) is 43.6 Å². The molecule has 4 aromatic rings. The highest BCUT2D eigenvalue weighted by atomic mass is 19.1. The van der Waals surface area contributed by atoms with Crippen LogP contribution in [0.5, 0.6) is 5.75 Å². The van der Waals surface area contributed by atoms with E-state index in [1.165, 1.54) is 12.1 Å². The van der Waals surface area contributed by atoms with Crippen molar-refractivity contribution in [3.8, 4) is 5.75 Å². The van der Waals surface area contributed by atoms with Gasteiger partial charge in [-0.15, -0.1) is 4.91 Å². The third kappa shape index (κ3) is 4.97. The smallest absolute Gasteiger partial charge is 0.260 e. The Hall–Kier alpha value is -4.31. The molecular formula is C25H22FN5O4.